The van der Waals surface area contributed by atoms with E-state index in [1.807, 2.05) is 0 Å². The Morgan fingerprint density at radius 2 is 2.09 bits per heavy atom. The van der Waals surface area contributed by atoms with Gasteiger partial charge in [-0.25, -0.2) is 0 Å². The van der Waals surface area contributed by atoms with Gasteiger partial charge in [-0.05, 0) is 38.8 Å². The van der Waals surface area contributed by atoms with Gasteiger partial charge in [0.2, 0.25) is 11.8 Å². The Morgan fingerprint density at radius 1 is 1.30 bits per heavy atom. The van der Waals surface area contributed by atoms with Gasteiger partial charge in [0, 0.05) is 25.1 Å². The van der Waals surface area contributed by atoms with Crippen molar-refractivity contribution in [1.82, 2.24) is 15.0 Å². The molecule has 0 aromatic carbocycles. The number of anilines is 1. The zero-order chi connectivity index (χ0) is 16.1. The lowest BCUT2D eigenvalue weighted by Crippen LogP contribution is -2.44. The molecule has 0 unspecified atom stereocenters. The van der Waals surface area contributed by atoms with Gasteiger partial charge in [0.15, 0.2) is 5.82 Å². The Labute approximate surface area is 136 Å². The molecule has 0 radical (unpaired) electrons. The van der Waals surface area contributed by atoms with E-state index in [2.05, 4.69) is 15.4 Å². The topological polar surface area (TPSA) is 78.7 Å². The van der Waals surface area contributed by atoms with Crippen molar-refractivity contribution in [3.8, 4) is 0 Å². The van der Waals surface area contributed by atoms with Crippen LogP contribution < -0.4 is 5.32 Å². The van der Waals surface area contributed by atoms with E-state index in [9.17, 15) is 9.59 Å². The zero-order valence-corrected chi connectivity index (χ0v) is 13.4. The van der Waals surface area contributed by atoms with Gasteiger partial charge < -0.3 is 19.6 Å². The summed E-state index contributed by atoms with van der Waals surface area (Å²) in [6.07, 6.45) is 7.04. The first-order chi connectivity index (χ1) is 11.2. The minimum absolute atomic E-state index is 0.0794. The Morgan fingerprint density at radius 3 is 2.74 bits per heavy atom. The molecule has 1 saturated carbocycles. The summed E-state index contributed by atoms with van der Waals surface area (Å²) >= 11 is 0. The quantitative estimate of drug-likeness (QED) is 0.820. The number of piperidine rings is 1. The summed E-state index contributed by atoms with van der Waals surface area (Å²) in [5.74, 6) is 0.380. The molecule has 2 fully saturated rings. The molecule has 0 bridgehead atoms. The second kappa shape index (κ2) is 7.59. The van der Waals surface area contributed by atoms with Crippen molar-refractivity contribution in [2.45, 2.75) is 32.1 Å². The molecule has 0 spiro atoms. The average molecular weight is 320 g/mol. The molecule has 1 aliphatic heterocycles. The van der Waals surface area contributed by atoms with E-state index in [0.29, 0.717) is 12.4 Å². The van der Waals surface area contributed by atoms with Crippen LogP contribution in [-0.4, -0.2) is 59.5 Å². The predicted octanol–water partition coefficient (Wildman–Crippen LogP) is 1.34. The van der Waals surface area contributed by atoms with Crippen molar-refractivity contribution in [2.24, 2.45) is 5.92 Å². The molecule has 1 N–H and O–H groups in total. The molecule has 1 aromatic heterocycles. The minimum Gasteiger partial charge on any atom is -0.363 e. The van der Waals surface area contributed by atoms with Gasteiger partial charge in [-0.15, -0.1) is 0 Å². The monoisotopic (exact) mass is 320 g/mol. The molecule has 7 heteroatoms. The second-order valence-electron chi connectivity index (χ2n) is 6.37. The summed E-state index contributed by atoms with van der Waals surface area (Å²) in [5, 5.41) is 6.31. The molecule has 23 heavy (non-hydrogen) atoms. The number of amides is 2. The number of nitrogens with one attached hydrogen (secondary N) is 1. The van der Waals surface area contributed by atoms with Gasteiger partial charge in [-0.3, -0.25) is 9.59 Å². The van der Waals surface area contributed by atoms with Gasteiger partial charge in [0.1, 0.15) is 6.26 Å². The van der Waals surface area contributed by atoms with Gasteiger partial charge in [0.25, 0.3) is 0 Å². The Kier molecular flexibility index (Phi) is 5.27. The highest BCUT2D eigenvalue weighted by Gasteiger charge is 2.34. The van der Waals surface area contributed by atoms with Gasteiger partial charge >= 0.3 is 0 Å². The van der Waals surface area contributed by atoms with Crippen LogP contribution in [0.15, 0.2) is 16.9 Å². The van der Waals surface area contributed by atoms with Crippen molar-refractivity contribution < 1.29 is 14.1 Å². The average Bonchev–Trinajstić information content (AvgIpc) is 3.30. The molecule has 0 atom stereocenters. The van der Waals surface area contributed by atoms with Crippen LogP contribution in [0, 0.1) is 5.92 Å². The van der Waals surface area contributed by atoms with E-state index >= 15 is 0 Å². The summed E-state index contributed by atoms with van der Waals surface area (Å²) in [6.45, 7) is 3.72. The Hall–Kier alpha value is -1.89. The molecule has 7 nitrogen and oxygen atoms in total. The number of nitrogens with zero attached hydrogens (tertiary/aromatic N) is 3. The molecule has 1 aliphatic carbocycles. The minimum atomic E-state index is -0.230. The first-order valence-electron chi connectivity index (χ1n) is 8.44. The van der Waals surface area contributed by atoms with E-state index in [-0.39, 0.29) is 24.3 Å². The van der Waals surface area contributed by atoms with Crippen molar-refractivity contribution in [3.05, 3.63) is 12.3 Å². The summed E-state index contributed by atoms with van der Waals surface area (Å²) in [4.78, 5) is 28.6. The Balaban J connectivity index is 1.51. The fourth-order valence-corrected chi connectivity index (χ4v) is 2.93. The van der Waals surface area contributed by atoms with Crippen LogP contribution >= 0.6 is 0 Å². The van der Waals surface area contributed by atoms with Crippen LogP contribution in [0.3, 0.4) is 0 Å². The van der Waals surface area contributed by atoms with E-state index in [4.69, 9.17) is 4.52 Å². The first-order valence-corrected chi connectivity index (χ1v) is 8.44. The van der Waals surface area contributed by atoms with Gasteiger partial charge in [-0.1, -0.05) is 11.6 Å². The largest absolute Gasteiger partial charge is 0.363 e. The highest BCUT2D eigenvalue weighted by atomic mass is 16.5. The van der Waals surface area contributed by atoms with Crippen molar-refractivity contribution in [2.75, 3.05) is 38.0 Å². The summed E-state index contributed by atoms with van der Waals surface area (Å²) in [7, 11) is 0. The molecule has 1 aromatic rings. The van der Waals surface area contributed by atoms with Gasteiger partial charge in [0.05, 0.1) is 6.54 Å². The third kappa shape index (κ3) is 4.79. The molecule has 1 saturated heterocycles. The number of aromatic nitrogens is 1. The van der Waals surface area contributed by atoms with Crippen molar-refractivity contribution in [3.63, 3.8) is 0 Å². The van der Waals surface area contributed by atoms with Crippen LogP contribution in [0.5, 0.6) is 0 Å². The number of rotatable bonds is 7. The normalized spacial score (nSPS) is 18.6. The molecular formula is C16H24N4O3. The molecule has 2 amide bonds. The van der Waals surface area contributed by atoms with E-state index < -0.39 is 0 Å². The number of carbonyl (C=O) groups excluding carboxylic acids is 2. The lowest BCUT2D eigenvalue weighted by Gasteiger charge is -2.30. The van der Waals surface area contributed by atoms with Crippen LogP contribution in [0.4, 0.5) is 5.82 Å². The number of carbonyl (C=O) groups is 2. The molecule has 126 valence electrons. The third-order valence-electron chi connectivity index (χ3n) is 4.41. The van der Waals surface area contributed by atoms with Gasteiger partial charge in [-0.2, -0.15) is 0 Å². The number of hydrogen-bond donors (Lipinski definition) is 1. The van der Waals surface area contributed by atoms with Crippen LogP contribution in [0.1, 0.15) is 32.1 Å². The maximum Gasteiger partial charge on any atom is 0.245 e. The van der Waals surface area contributed by atoms with Crippen molar-refractivity contribution in [1.29, 1.82) is 0 Å². The standard InChI is InChI=1S/C16H24N4O3/c21-15(17-14-6-11-23-18-14)12-20(16(22)13-4-5-13)10-9-19-7-2-1-3-8-19/h6,11,13H,1-5,7-10,12H2,(H,17,18,21). The molecule has 2 aliphatic rings. The maximum atomic E-state index is 12.4. The molecule has 2 heterocycles. The van der Waals surface area contributed by atoms with Crippen molar-refractivity contribution >= 4 is 17.6 Å². The first kappa shape index (κ1) is 16.0. The molecular weight excluding hydrogens is 296 g/mol. The summed E-state index contributed by atoms with van der Waals surface area (Å²) < 4.78 is 4.69. The fourth-order valence-electron chi connectivity index (χ4n) is 2.93. The summed E-state index contributed by atoms with van der Waals surface area (Å²) in [5.41, 5.74) is 0. The maximum absolute atomic E-state index is 12.4. The highest BCUT2D eigenvalue weighted by Crippen LogP contribution is 2.31. The van der Waals surface area contributed by atoms with E-state index in [1.165, 1.54) is 25.5 Å². The van der Waals surface area contributed by atoms with Crippen LogP contribution in [0.2, 0.25) is 0 Å². The van der Waals surface area contributed by atoms with Crippen LogP contribution in [0.25, 0.3) is 0 Å². The van der Waals surface area contributed by atoms with E-state index in [1.54, 1.807) is 11.0 Å². The fraction of sp³-hybridized carbons (Fsp3) is 0.688. The second-order valence-corrected chi connectivity index (χ2v) is 6.37. The smallest absolute Gasteiger partial charge is 0.245 e. The molecule has 3 rings (SSSR count). The SMILES string of the molecule is O=C(CN(CCN1CCCCC1)C(=O)C1CC1)Nc1ccon1. The third-order valence-corrected chi connectivity index (χ3v) is 4.41. The summed E-state index contributed by atoms with van der Waals surface area (Å²) in [6, 6.07) is 1.58. The predicted molar refractivity (Wildman–Crippen MR) is 84.7 cm³/mol. The lowest BCUT2D eigenvalue weighted by atomic mass is 10.1. The highest BCUT2D eigenvalue weighted by molar-refractivity contribution is 5.94. The lowest BCUT2D eigenvalue weighted by molar-refractivity contribution is -0.136. The number of hydrogen-bond acceptors (Lipinski definition) is 5. The zero-order valence-electron chi connectivity index (χ0n) is 13.4. The van der Waals surface area contributed by atoms with E-state index in [0.717, 1.165) is 32.5 Å². The Bertz CT molecular complexity index is 521. The number of likely N-dealkylation sites (tertiary alicyclic amines) is 1. The van der Waals surface area contributed by atoms with Crippen LogP contribution in [-0.2, 0) is 9.59 Å².